The molecule has 0 saturated heterocycles. The number of nitro groups is 1. The number of benzene rings is 2. The molecule has 2 aromatic heterocycles. The highest BCUT2D eigenvalue weighted by Crippen LogP contribution is 2.34. The second kappa shape index (κ2) is 8.20. The molecule has 0 bridgehead atoms. The molecule has 9 nitrogen and oxygen atoms in total. The van der Waals surface area contributed by atoms with Gasteiger partial charge in [-0.3, -0.25) is 14.9 Å². The molecule has 2 aromatic carbocycles. The fourth-order valence-corrected chi connectivity index (χ4v) is 4.70. The Bertz CT molecular complexity index is 1220. The van der Waals surface area contributed by atoms with Gasteiger partial charge in [-0.25, -0.2) is 4.98 Å². The monoisotopic (exact) mass is 440 g/mol. The van der Waals surface area contributed by atoms with Crippen molar-refractivity contribution in [2.24, 2.45) is 7.05 Å². The molecule has 0 atom stereocenters. The van der Waals surface area contributed by atoms with Crippen LogP contribution in [0.1, 0.15) is 15.4 Å². The summed E-state index contributed by atoms with van der Waals surface area (Å²) < 4.78 is 2.72. The molecule has 152 valence electrons. The second-order valence-corrected chi connectivity index (χ2v) is 8.63. The topological polar surface area (TPSA) is 107 Å². The lowest BCUT2D eigenvalue weighted by Gasteiger charge is -2.16. The molecule has 0 N–H and O–H groups in total. The smallest absolute Gasteiger partial charge is 0.284 e. The number of rotatable bonds is 6. The van der Waals surface area contributed by atoms with Crippen molar-refractivity contribution in [1.29, 1.82) is 0 Å². The number of hydrogen-bond acceptors (Lipinski definition) is 8. The number of thiazole rings is 1. The van der Waals surface area contributed by atoms with Crippen LogP contribution in [0, 0.1) is 10.1 Å². The molecule has 0 saturated carbocycles. The number of aryl methyl sites for hydroxylation is 1. The SMILES string of the molecule is CN(Cc1nc2ccccc2s1)C(=O)c1ccc(Sc2nncn2C)c([N+](=O)[O-])c1. The number of nitro benzene ring substituents is 1. The second-order valence-electron chi connectivity index (χ2n) is 6.50. The van der Waals surface area contributed by atoms with Crippen LogP contribution in [0.5, 0.6) is 0 Å². The van der Waals surface area contributed by atoms with Gasteiger partial charge in [-0.1, -0.05) is 12.1 Å². The van der Waals surface area contributed by atoms with Crippen LogP contribution in [0.15, 0.2) is 58.8 Å². The molecule has 1 amide bonds. The van der Waals surface area contributed by atoms with E-state index in [1.807, 2.05) is 24.3 Å². The number of hydrogen-bond donors (Lipinski definition) is 0. The summed E-state index contributed by atoms with van der Waals surface area (Å²) in [7, 11) is 3.41. The number of fused-ring (bicyclic) bond motifs is 1. The van der Waals surface area contributed by atoms with Crippen molar-refractivity contribution in [3.63, 3.8) is 0 Å². The van der Waals surface area contributed by atoms with E-state index in [1.165, 1.54) is 28.6 Å². The summed E-state index contributed by atoms with van der Waals surface area (Å²) >= 11 is 2.64. The summed E-state index contributed by atoms with van der Waals surface area (Å²) in [4.78, 5) is 30.4. The van der Waals surface area contributed by atoms with Gasteiger partial charge < -0.3 is 9.47 Å². The molecular formula is C19H16N6O3S2. The van der Waals surface area contributed by atoms with Crippen molar-refractivity contribution >= 4 is 44.9 Å². The van der Waals surface area contributed by atoms with Crippen LogP contribution in [0.4, 0.5) is 5.69 Å². The minimum absolute atomic E-state index is 0.151. The highest BCUT2D eigenvalue weighted by Gasteiger charge is 2.22. The molecule has 0 radical (unpaired) electrons. The molecule has 4 rings (SSSR count). The summed E-state index contributed by atoms with van der Waals surface area (Å²) in [6.45, 7) is 0.321. The standard InChI is InChI=1S/C19H16N6O3S2/c1-23(10-17-21-13-5-3-4-6-15(13)29-17)18(26)12-7-8-16(14(9-12)25(27)28)30-19-22-20-11-24(19)2/h3-9,11H,10H2,1-2H3. The average molecular weight is 441 g/mol. The Morgan fingerprint density at radius 1 is 1.30 bits per heavy atom. The first kappa shape index (κ1) is 20.0. The maximum atomic E-state index is 12.9. The summed E-state index contributed by atoms with van der Waals surface area (Å²) in [5.41, 5.74) is 0.981. The normalized spacial score (nSPS) is 11.0. The van der Waals surface area contributed by atoms with Gasteiger partial charge in [0.1, 0.15) is 11.3 Å². The van der Waals surface area contributed by atoms with Crippen molar-refractivity contribution in [2.45, 2.75) is 16.6 Å². The molecular weight excluding hydrogens is 424 g/mol. The van der Waals surface area contributed by atoms with Crippen LogP contribution in [-0.4, -0.2) is 42.5 Å². The van der Waals surface area contributed by atoms with E-state index < -0.39 is 4.92 Å². The lowest BCUT2D eigenvalue weighted by Crippen LogP contribution is -2.26. The largest absolute Gasteiger partial charge is 0.335 e. The van der Waals surface area contributed by atoms with E-state index in [1.54, 1.807) is 30.8 Å². The molecule has 0 aliphatic heterocycles. The molecule has 0 unspecified atom stereocenters. The molecule has 2 heterocycles. The molecule has 11 heteroatoms. The van der Waals surface area contributed by atoms with Gasteiger partial charge in [-0.2, -0.15) is 0 Å². The molecule has 30 heavy (non-hydrogen) atoms. The highest BCUT2D eigenvalue weighted by atomic mass is 32.2. The Labute approximate surface area is 179 Å². The number of amides is 1. The van der Waals surface area contributed by atoms with Gasteiger partial charge in [-0.15, -0.1) is 21.5 Å². The van der Waals surface area contributed by atoms with Crippen LogP contribution in [-0.2, 0) is 13.6 Å². The van der Waals surface area contributed by atoms with E-state index in [0.717, 1.165) is 27.0 Å². The van der Waals surface area contributed by atoms with Crippen LogP contribution in [0.2, 0.25) is 0 Å². The number of carbonyl (C=O) groups excluding carboxylic acids is 1. The lowest BCUT2D eigenvalue weighted by atomic mass is 10.2. The van der Waals surface area contributed by atoms with Crippen LogP contribution < -0.4 is 0 Å². The van der Waals surface area contributed by atoms with E-state index >= 15 is 0 Å². The lowest BCUT2D eigenvalue weighted by molar-refractivity contribution is -0.387. The summed E-state index contributed by atoms with van der Waals surface area (Å²) in [5, 5.41) is 20.6. The zero-order valence-corrected chi connectivity index (χ0v) is 17.7. The van der Waals surface area contributed by atoms with Gasteiger partial charge in [0.25, 0.3) is 11.6 Å². The number of aromatic nitrogens is 4. The molecule has 0 aliphatic carbocycles. The summed E-state index contributed by atoms with van der Waals surface area (Å²) in [5.74, 6) is -0.312. The van der Waals surface area contributed by atoms with Crippen LogP contribution in [0.3, 0.4) is 0 Å². The van der Waals surface area contributed by atoms with E-state index in [0.29, 0.717) is 16.6 Å². The van der Waals surface area contributed by atoms with Crippen molar-refractivity contribution < 1.29 is 9.72 Å². The number of nitrogens with zero attached hydrogens (tertiary/aromatic N) is 6. The average Bonchev–Trinajstić information content (AvgIpc) is 3.32. The fourth-order valence-electron chi connectivity index (χ4n) is 2.83. The van der Waals surface area contributed by atoms with Crippen molar-refractivity contribution in [3.05, 3.63) is 69.5 Å². The maximum Gasteiger partial charge on any atom is 0.284 e. The van der Waals surface area contributed by atoms with Crippen molar-refractivity contribution in [3.8, 4) is 0 Å². The predicted octanol–water partition coefficient (Wildman–Crippen LogP) is 3.76. The first-order valence-corrected chi connectivity index (χ1v) is 10.5. The highest BCUT2D eigenvalue weighted by molar-refractivity contribution is 7.99. The van der Waals surface area contributed by atoms with Gasteiger partial charge in [-0.05, 0) is 36.0 Å². The number of carbonyl (C=O) groups is 1. The van der Waals surface area contributed by atoms with Crippen molar-refractivity contribution in [1.82, 2.24) is 24.6 Å². The third-order valence-electron chi connectivity index (χ3n) is 4.33. The zero-order valence-electron chi connectivity index (χ0n) is 16.1. The first-order chi connectivity index (χ1) is 14.4. The molecule has 0 fully saturated rings. The maximum absolute atomic E-state index is 12.9. The van der Waals surface area contributed by atoms with Gasteiger partial charge in [0.15, 0.2) is 5.16 Å². The fraction of sp³-hybridized carbons (Fsp3) is 0.158. The summed E-state index contributed by atoms with van der Waals surface area (Å²) in [6.07, 6.45) is 1.52. The Morgan fingerprint density at radius 2 is 2.10 bits per heavy atom. The Morgan fingerprint density at radius 3 is 2.80 bits per heavy atom. The Kier molecular flexibility index (Phi) is 5.46. The van der Waals surface area contributed by atoms with E-state index in [9.17, 15) is 14.9 Å². The van der Waals surface area contributed by atoms with Gasteiger partial charge in [0.2, 0.25) is 0 Å². The van der Waals surface area contributed by atoms with E-state index in [-0.39, 0.29) is 17.2 Å². The Hall–Kier alpha value is -3.31. The minimum Gasteiger partial charge on any atom is -0.335 e. The van der Waals surface area contributed by atoms with E-state index in [2.05, 4.69) is 15.2 Å². The molecule has 0 spiro atoms. The third kappa shape index (κ3) is 4.02. The third-order valence-corrected chi connectivity index (χ3v) is 6.47. The zero-order chi connectivity index (χ0) is 21.3. The quantitative estimate of drug-likeness (QED) is 0.332. The Balaban J connectivity index is 1.56. The molecule has 0 aliphatic rings. The van der Waals surface area contributed by atoms with Gasteiger partial charge in [0.05, 0.1) is 26.6 Å². The minimum atomic E-state index is -0.497. The van der Waals surface area contributed by atoms with Gasteiger partial charge >= 0.3 is 0 Å². The van der Waals surface area contributed by atoms with Crippen molar-refractivity contribution in [2.75, 3.05) is 7.05 Å². The first-order valence-electron chi connectivity index (χ1n) is 8.82. The van der Waals surface area contributed by atoms with Gasteiger partial charge in [0, 0.05) is 25.7 Å². The summed E-state index contributed by atoms with van der Waals surface area (Å²) in [6, 6.07) is 12.2. The van der Waals surface area contributed by atoms with E-state index in [4.69, 9.17) is 0 Å². The number of para-hydroxylation sites is 1. The van der Waals surface area contributed by atoms with Crippen LogP contribution in [0.25, 0.3) is 10.2 Å². The van der Waals surface area contributed by atoms with Crippen LogP contribution >= 0.6 is 23.1 Å². The predicted molar refractivity (Wildman–Crippen MR) is 114 cm³/mol. The molecule has 4 aromatic rings.